The lowest BCUT2D eigenvalue weighted by molar-refractivity contribution is 0.199. The van der Waals surface area contributed by atoms with Gasteiger partial charge in [0.15, 0.2) is 11.5 Å². The van der Waals surface area contributed by atoms with E-state index >= 15 is 0 Å². The SMILES string of the molecule is COc1cnc2cccc(CCN3CCC(NCc4ccc5c(c4)OCCCO5)CC3)c2c1. The fraction of sp³-hybridized carbons (Fsp3) is 0.444. The predicted octanol–water partition coefficient (Wildman–Crippen LogP) is 4.20. The molecule has 1 aromatic heterocycles. The van der Waals surface area contributed by atoms with Crippen molar-refractivity contribution in [2.75, 3.05) is 40.0 Å². The number of nitrogens with one attached hydrogen (secondary N) is 1. The monoisotopic (exact) mass is 447 g/mol. The summed E-state index contributed by atoms with van der Waals surface area (Å²) in [6, 6.07) is 15.4. The van der Waals surface area contributed by atoms with Gasteiger partial charge in [0.1, 0.15) is 5.75 Å². The molecule has 1 fully saturated rings. The molecule has 1 saturated heterocycles. The molecule has 0 saturated carbocycles. The number of hydrogen-bond acceptors (Lipinski definition) is 6. The van der Waals surface area contributed by atoms with Gasteiger partial charge in [0.25, 0.3) is 0 Å². The second kappa shape index (κ2) is 10.4. The summed E-state index contributed by atoms with van der Waals surface area (Å²) < 4.78 is 16.9. The van der Waals surface area contributed by atoms with Crippen LogP contribution in [0.5, 0.6) is 17.2 Å². The molecule has 2 aliphatic rings. The van der Waals surface area contributed by atoms with Crippen LogP contribution < -0.4 is 19.5 Å². The molecular weight excluding hydrogens is 414 g/mol. The van der Waals surface area contributed by atoms with E-state index in [0.29, 0.717) is 6.04 Å². The van der Waals surface area contributed by atoms with Crippen LogP contribution >= 0.6 is 0 Å². The molecule has 33 heavy (non-hydrogen) atoms. The molecule has 5 rings (SSSR count). The number of fused-ring (bicyclic) bond motifs is 2. The van der Waals surface area contributed by atoms with E-state index in [9.17, 15) is 0 Å². The Hall–Kier alpha value is -2.83. The maximum atomic E-state index is 5.83. The summed E-state index contributed by atoms with van der Waals surface area (Å²) in [6.07, 6.45) is 6.11. The van der Waals surface area contributed by atoms with Crippen LogP contribution in [-0.4, -0.2) is 55.9 Å². The minimum atomic E-state index is 0.559. The van der Waals surface area contributed by atoms with Crippen LogP contribution in [0, 0.1) is 0 Å². The van der Waals surface area contributed by atoms with Gasteiger partial charge in [-0.15, -0.1) is 0 Å². The number of benzene rings is 2. The van der Waals surface area contributed by atoms with Crippen LogP contribution in [0.2, 0.25) is 0 Å². The molecule has 174 valence electrons. The lowest BCUT2D eigenvalue weighted by Gasteiger charge is -2.32. The molecule has 1 N–H and O–H groups in total. The summed E-state index contributed by atoms with van der Waals surface area (Å²) in [7, 11) is 1.69. The quantitative estimate of drug-likeness (QED) is 0.586. The van der Waals surface area contributed by atoms with Crippen LogP contribution in [0.3, 0.4) is 0 Å². The highest BCUT2D eigenvalue weighted by atomic mass is 16.5. The number of hydrogen-bond donors (Lipinski definition) is 1. The summed E-state index contributed by atoms with van der Waals surface area (Å²) in [6.45, 7) is 5.66. The summed E-state index contributed by atoms with van der Waals surface area (Å²) >= 11 is 0. The molecule has 0 unspecified atom stereocenters. The zero-order valence-electron chi connectivity index (χ0n) is 19.4. The smallest absolute Gasteiger partial charge is 0.161 e. The number of likely N-dealkylation sites (tertiary alicyclic amines) is 1. The van der Waals surface area contributed by atoms with E-state index in [2.05, 4.69) is 51.6 Å². The first-order valence-electron chi connectivity index (χ1n) is 12.0. The lowest BCUT2D eigenvalue weighted by Crippen LogP contribution is -2.42. The zero-order chi connectivity index (χ0) is 22.5. The Morgan fingerprint density at radius 1 is 1.06 bits per heavy atom. The molecule has 0 amide bonds. The minimum Gasteiger partial charge on any atom is -0.495 e. The van der Waals surface area contributed by atoms with Crippen LogP contribution in [0.25, 0.3) is 10.9 Å². The van der Waals surface area contributed by atoms with Gasteiger partial charge in [0.05, 0.1) is 32.0 Å². The van der Waals surface area contributed by atoms with E-state index in [-0.39, 0.29) is 0 Å². The van der Waals surface area contributed by atoms with E-state index in [1.807, 2.05) is 6.07 Å². The third kappa shape index (κ3) is 5.40. The van der Waals surface area contributed by atoms with E-state index < -0.39 is 0 Å². The number of nitrogens with zero attached hydrogens (tertiary/aromatic N) is 2. The van der Waals surface area contributed by atoms with Crippen LogP contribution in [0.1, 0.15) is 30.4 Å². The van der Waals surface area contributed by atoms with Crippen molar-refractivity contribution in [3.8, 4) is 17.2 Å². The van der Waals surface area contributed by atoms with E-state index in [0.717, 1.165) is 75.0 Å². The molecule has 2 aromatic carbocycles. The Labute approximate surface area is 195 Å². The van der Waals surface area contributed by atoms with Crippen molar-refractivity contribution >= 4 is 10.9 Å². The Balaban J connectivity index is 1.10. The van der Waals surface area contributed by atoms with Gasteiger partial charge in [0, 0.05) is 30.9 Å². The number of piperidine rings is 1. The van der Waals surface area contributed by atoms with E-state index in [4.69, 9.17) is 14.2 Å². The number of aromatic nitrogens is 1. The molecule has 3 aromatic rings. The fourth-order valence-electron chi connectivity index (χ4n) is 4.74. The first-order chi connectivity index (χ1) is 16.3. The van der Waals surface area contributed by atoms with Gasteiger partial charge < -0.3 is 24.4 Å². The summed E-state index contributed by atoms with van der Waals surface area (Å²) in [5.74, 6) is 2.56. The summed E-state index contributed by atoms with van der Waals surface area (Å²) in [4.78, 5) is 7.11. The Kier molecular flexibility index (Phi) is 6.93. The van der Waals surface area contributed by atoms with Crippen LogP contribution in [0.4, 0.5) is 0 Å². The van der Waals surface area contributed by atoms with Crippen molar-refractivity contribution in [2.45, 2.75) is 38.3 Å². The standard InChI is InChI=1S/C27H33N3O3/c1-31-23-17-24-21(4-2-5-25(24)29-19-23)8-11-30-12-9-22(10-13-30)28-18-20-6-7-26-27(16-20)33-15-3-14-32-26/h2,4-7,16-17,19,22,28H,3,8-15,18H2,1H3. The van der Waals surface area contributed by atoms with Crippen molar-refractivity contribution in [3.05, 3.63) is 59.8 Å². The molecule has 0 spiro atoms. The van der Waals surface area contributed by atoms with Gasteiger partial charge in [-0.2, -0.15) is 0 Å². The highest BCUT2D eigenvalue weighted by Gasteiger charge is 2.19. The average Bonchev–Trinajstić information content (AvgIpc) is 3.11. The van der Waals surface area contributed by atoms with Gasteiger partial charge in [-0.25, -0.2) is 0 Å². The maximum absolute atomic E-state index is 5.83. The molecule has 6 heteroatoms. The first kappa shape index (κ1) is 22.0. The molecule has 0 aliphatic carbocycles. The largest absolute Gasteiger partial charge is 0.495 e. The topological polar surface area (TPSA) is 55.9 Å². The Morgan fingerprint density at radius 3 is 2.76 bits per heavy atom. The third-order valence-electron chi connectivity index (χ3n) is 6.72. The highest BCUT2D eigenvalue weighted by molar-refractivity contribution is 5.83. The molecule has 0 atom stereocenters. The van der Waals surface area contributed by atoms with Crippen molar-refractivity contribution in [1.29, 1.82) is 0 Å². The predicted molar refractivity (Wildman–Crippen MR) is 130 cm³/mol. The molecule has 3 heterocycles. The Bertz CT molecular complexity index is 1080. The number of methoxy groups -OCH3 is 1. The van der Waals surface area contributed by atoms with Gasteiger partial charge in [0.2, 0.25) is 0 Å². The number of rotatable bonds is 7. The molecular formula is C27H33N3O3. The van der Waals surface area contributed by atoms with Gasteiger partial charge in [-0.1, -0.05) is 18.2 Å². The van der Waals surface area contributed by atoms with Gasteiger partial charge >= 0.3 is 0 Å². The Morgan fingerprint density at radius 2 is 1.91 bits per heavy atom. The van der Waals surface area contributed by atoms with Gasteiger partial charge in [-0.05, 0) is 67.7 Å². The number of ether oxygens (including phenoxy) is 3. The van der Waals surface area contributed by atoms with Crippen molar-refractivity contribution in [2.24, 2.45) is 0 Å². The number of pyridine rings is 1. The van der Waals surface area contributed by atoms with Crippen molar-refractivity contribution in [1.82, 2.24) is 15.2 Å². The van der Waals surface area contributed by atoms with Gasteiger partial charge in [-0.3, -0.25) is 4.98 Å². The van der Waals surface area contributed by atoms with E-state index in [1.165, 1.54) is 29.4 Å². The maximum Gasteiger partial charge on any atom is 0.161 e. The van der Waals surface area contributed by atoms with Crippen molar-refractivity contribution < 1.29 is 14.2 Å². The second-order valence-electron chi connectivity index (χ2n) is 8.94. The van der Waals surface area contributed by atoms with E-state index in [1.54, 1.807) is 13.3 Å². The molecule has 0 bridgehead atoms. The summed E-state index contributed by atoms with van der Waals surface area (Å²) in [5.41, 5.74) is 3.63. The minimum absolute atomic E-state index is 0.559. The normalized spacial score (nSPS) is 17.1. The molecule has 0 radical (unpaired) electrons. The zero-order valence-corrected chi connectivity index (χ0v) is 19.4. The third-order valence-corrected chi connectivity index (χ3v) is 6.72. The molecule has 2 aliphatic heterocycles. The first-order valence-corrected chi connectivity index (χ1v) is 12.0. The van der Waals surface area contributed by atoms with Crippen molar-refractivity contribution in [3.63, 3.8) is 0 Å². The lowest BCUT2D eigenvalue weighted by atomic mass is 10.0. The average molecular weight is 448 g/mol. The highest BCUT2D eigenvalue weighted by Crippen LogP contribution is 2.30. The molecule has 6 nitrogen and oxygen atoms in total. The van der Waals surface area contributed by atoms with Crippen LogP contribution in [0.15, 0.2) is 48.7 Å². The van der Waals surface area contributed by atoms with Crippen LogP contribution in [-0.2, 0) is 13.0 Å². The fourth-order valence-corrected chi connectivity index (χ4v) is 4.74. The second-order valence-corrected chi connectivity index (χ2v) is 8.94. The summed E-state index contributed by atoms with van der Waals surface area (Å²) in [5, 5.41) is 4.94.